The van der Waals surface area contributed by atoms with Crippen LogP contribution < -0.4 is 10.3 Å². The van der Waals surface area contributed by atoms with Crippen molar-refractivity contribution >= 4 is 38.1 Å². The zero-order chi connectivity index (χ0) is 19.2. The van der Waals surface area contributed by atoms with Crippen LogP contribution in [0.15, 0.2) is 33.7 Å². The molecule has 1 fully saturated rings. The zero-order valence-electron chi connectivity index (χ0n) is 15.4. The molecule has 0 radical (unpaired) electrons. The fourth-order valence-corrected chi connectivity index (χ4v) is 4.43. The minimum absolute atomic E-state index is 0.129. The van der Waals surface area contributed by atoms with Crippen LogP contribution in [0.1, 0.15) is 34.1 Å². The van der Waals surface area contributed by atoms with Crippen molar-refractivity contribution < 1.29 is 8.94 Å². The van der Waals surface area contributed by atoms with Crippen molar-refractivity contribution in [2.24, 2.45) is 11.8 Å². The SMILES string of the molecule is CC(N[S+]([O-])C(C)(C)C)[C@@H]1C[C@H]1Cn1ccc2cc(Br)c(F)cc2c1=O. The lowest BCUT2D eigenvalue weighted by Crippen LogP contribution is -2.44. The first-order valence-electron chi connectivity index (χ1n) is 8.74. The Hall–Kier alpha value is -0.890. The third-order valence-corrected chi connectivity index (χ3v) is 7.22. The van der Waals surface area contributed by atoms with Gasteiger partial charge in [0.2, 0.25) is 0 Å². The van der Waals surface area contributed by atoms with E-state index in [1.165, 1.54) is 6.07 Å². The predicted molar refractivity (Wildman–Crippen MR) is 108 cm³/mol. The molecule has 0 aliphatic heterocycles. The van der Waals surface area contributed by atoms with Crippen LogP contribution in [0.3, 0.4) is 0 Å². The van der Waals surface area contributed by atoms with Crippen molar-refractivity contribution in [3.8, 4) is 0 Å². The molecule has 1 heterocycles. The summed E-state index contributed by atoms with van der Waals surface area (Å²) < 4.78 is 30.9. The van der Waals surface area contributed by atoms with E-state index in [0.29, 0.717) is 28.2 Å². The maximum absolute atomic E-state index is 13.8. The highest BCUT2D eigenvalue weighted by Crippen LogP contribution is 2.42. The highest BCUT2D eigenvalue weighted by atomic mass is 79.9. The van der Waals surface area contributed by atoms with Crippen LogP contribution in [0.2, 0.25) is 0 Å². The Kier molecular flexibility index (Phi) is 5.55. The van der Waals surface area contributed by atoms with Crippen LogP contribution in [0.5, 0.6) is 0 Å². The average Bonchev–Trinajstić information content (AvgIpc) is 3.31. The van der Waals surface area contributed by atoms with Gasteiger partial charge in [0, 0.05) is 24.1 Å². The molecule has 1 aliphatic rings. The standard InChI is InChI=1S/C19H24BrFN2O2S/c1-11(22-26(25)19(2,3)4)14-7-13(14)10-23-6-5-12-8-16(20)17(21)9-15(12)18(23)24/h5-6,8-9,11,13-14,22H,7,10H2,1-4H3/t11?,13-,14-,26?/m0/s1. The van der Waals surface area contributed by atoms with E-state index in [0.717, 1.165) is 11.8 Å². The number of halogens is 2. The van der Waals surface area contributed by atoms with Crippen LogP contribution >= 0.6 is 15.9 Å². The molecule has 4 atom stereocenters. The minimum Gasteiger partial charge on any atom is -0.598 e. The molecule has 1 aliphatic carbocycles. The summed E-state index contributed by atoms with van der Waals surface area (Å²) >= 11 is 2.05. The molecular formula is C19H24BrFN2O2S. The summed E-state index contributed by atoms with van der Waals surface area (Å²) in [6, 6.07) is 4.89. The maximum atomic E-state index is 13.8. The topological polar surface area (TPSA) is 57.1 Å². The normalized spacial score (nSPS) is 22.4. The Labute approximate surface area is 164 Å². The molecule has 0 saturated heterocycles. The van der Waals surface area contributed by atoms with Gasteiger partial charge in [0.15, 0.2) is 0 Å². The first kappa shape index (κ1) is 19.9. The number of aromatic nitrogens is 1. The molecule has 2 aromatic rings. The Balaban J connectivity index is 1.70. The molecule has 1 aromatic heterocycles. The quantitative estimate of drug-likeness (QED) is 0.712. The Bertz CT molecular complexity index is 880. The van der Waals surface area contributed by atoms with Gasteiger partial charge in [-0.1, -0.05) is 0 Å². The van der Waals surface area contributed by atoms with E-state index in [-0.39, 0.29) is 16.3 Å². The van der Waals surface area contributed by atoms with Crippen molar-refractivity contribution in [2.45, 2.75) is 51.4 Å². The predicted octanol–water partition coefficient (Wildman–Crippen LogP) is 3.98. The van der Waals surface area contributed by atoms with Crippen molar-refractivity contribution in [1.29, 1.82) is 0 Å². The minimum atomic E-state index is -1.10. The average molecular weight is 443 g/mol. The van der Waals surface area contributed by atoms with Crippen molar-refractivity contribution in [3.63, 3.8) is 0 Å². The first-order chi connectivity index (χ1) is 12.1. The lowest BCUT2D eigenvalue weighted by atomic mass is 10.1. The maximum Gasteiger partial charge on any atom is 0.258 e. The Morgan fingerprint density at radius 3 is 2.81 bits per heavy atom. The summed E-state index contributed by atoms with van der Waals surface area (Å²) in [5.41, 5.74) is -0.168. The van der Waals surface area contributed by atoms with E-state index in [1.807, 2.05) is 33.8 Å². The fourth-order valence-electron chi connectivity index (χ4n) is 3.20. The number of rotatable bonds is 5. The molecule has 4 nitrogen and oxygen atoms in total. The van der Waals surface area contributed by atoms with E-state index in [2.05, 4.69) is 20.7 Å². The number of hydrogen-bond donors (Lipinski definition) is 1. The Morgan fingerprint density at radius 1 is 1.46 bits per heavy atom. The molecule has 0 amide bonds. The zero-order valence-corrected chi connectivity index (χ0v) is 17.8. The van der Waals surface area contributed by atoms with Gasteiger partial charge in [-0.2, -0.15) is 0 Å². The highest BCUT2D eigenvalue weighted by molar-refractivity contribution is 9.10. The number of nitrogens with one attached hydrogen (secondary N) is 1. The second-order valence-electron chi connectivity index (χ2n) is 8.07. The van der Waals surface area contributed by atoms with Gasteiger partial charge in [-0.05, 0) is 85.5 Å². The van der Waals surface area contributed by atoms with E-state index in [1.54, 1.807) is 16.8 Å². The van der Waals surface area contributed by atoms with E-state index in [4.69, 9.17) is 0 Å². The highest BCUT2D eigenvalue weighted by Gasteiger charge is 2.43. The molecule has 1 saturated carbocycles. The lowest BCUT2D eigenvalue weighted by Gasteiger charge is -2.26. The molecule has 1 N–H and O–H groups in total. The number of benzene rings is 1. The van der Waals surface area contributed by atoms with Gasteiger partial charge < -0.3 is 9.12 Å². The van der Waals surface area contributed by atoms with Crippen LogP contribution in [-0.4, -0.2) is 19.9 Å². The van der Waals surface area contributed by atoms with Gasteiger partial charge >= 0.3 is 0 Å². The summed E-state index contributed by atoms with van der Waals surface area (Å²) in [6.45, 7) is 8.48. The number of hydrogen-bond acceptors (Lipinski definition) is 3. The molecule has 0 bridgehead atoms. The van der Waals surface area contributed by atoms with Crippen LogP contribution in [-0.2, 0) is 17.9 Å². The molecular weight excluding hydrogens is 419 g/mol. The van der Waals surface area contributed by atoms with Crippen LogP contribution in [0.4, 0.5) is 4.39 Å². The summed E-state index contributed by atoms with van der Waals surface area (Å²) in [6.07, 6.45) is 2.77. The van der Waals surface area contributed by atoms with Gasteiger partial charge in [-0.3, -0.25) is 4.79 Å². The summed E-state index contributed by atoms with van der Waals surface area (Å²) in [5, 5.41) is 1.12. The number of pyridine rings is 1. The van der Waals surface area contributed by atoms with Crippen molar-refractivity contribution in [3.05, 3.63) is 45.0 Å². The van der Waals surface area contributed by atoms with E-state index < -0.39 is 17.2 Å². The molecule has 0 spiro atoms. The van der Waals surface area contributed by atoms with Gasteiger partial charge in [0.05, 0.1) is 15.9 Å². The van der Waals surface area contributed by atoms with Gasteiger partial charge in [-0.25, -0.2) is 4.39 Å². The second kappa shape index (κ2) is 7.26. The van der Waals surface area contributed by atoms with E-state index in [9.17, 15) is 13.7 Å². The number of fused-ring (bicyclic) bond motifs is 1. The lowest BCUT2D eigenvalue weighted by molar-refractivity contribution is 0.478. The van der Waals surface area contributed by atoms with Gasteiger partial charge in [0.25, 0.3) is 5.56 Å². The van der Waals surface area contributed by atoms with Gasteiger partial charge in [-0.15, -0.1) is 4.72 Å². The molecule has 26 heavy (non-hydrogen) atoms. The largest absolute Gasteiger partial charge is 0.598 e. The molecule has 2 unspecified atom stereocenters. The van der Waals surface area contributed by atoms with Gasteiger partial charge in [0.1, 0.15) is 10.6 Å². The smallest absolute Gasteiger partial charge is 0.258 e. The molecule has 7 heteroatoms. The summed E-state index contributed by atoms with van der Waals surface area (Å²) in [5.74, 6) is 0.328. The van der Waals surface area contributed by atoms with E-state index >= 15 is 0 Å². The molecule has 3 rings (SSSR count). The summed E-state index contributed by atoms with van der Waals surface area (Å²) in [7, 11) is 0. The third-order valence-electron chi connectivity index (χ3n) is 4.92. The molecule has 142 valence electrons. The van der Waals surface area contributed by atoms with Crippen molar-refractivity contribution in [2.75, 3.05) is 0 Å². The summed E-state index contributed by atoms with van der Waals surface area (Å²) in [4.78, 5) is 12.7. The monoisotopic (exact) mass is 442 g/mol. The third kappa shape index (κ3) is 4.16. The van der Waals surface area contributed by atoms with Crippen molar-refractivity contribution in [1.82, 2.24) is 9.29 Å². The van der Waals surface area contributed by atoms with Crippen LogP contribution in [0, 0.1) is 17.7 Å². The fraction of sp³-hybridized carbons (Fsp3) is 0.526. The first-order valence-corrected chi connectivity index (χ1v) is 10.7. The molecule has 1 aromatic carbocycles. The second-order valence-corrected chi connectivity index (χ2v) is 10.9. The Morgan fingerprint density at radius 2 is 2.15 bits per heavy atom. The van der Waals surface area contributed by atoms with Crippen LogP contribution in [0.25, 0.3) is 10.8 Å². The number of nitrogens with zero attached hydrogens (tertiary/aromatic N) is 1.